The van der Waals surface area contributed by atoms with Crippen LogP contribution in [0.1, 0.15) is 18.1 Å². The van der Waals surface area contributed by atoms with Gasteiger partial charge in [-0.25, -0.2) is 0 Å². The Bertz CT molecular complexity index is 591. The molecule has 2 aromatic carbocycles. The van der Waals surface area contributed by atoms with Crippen LogP contribution in [-0.4, -0.2) is 0 Å². The molecular weight excluding hydrogens is 349 g/mol. The van der Waals surface area contributed by atoms with Crippen molar-refractivity contribution in [3.63, 3.8) is 0 Å². The minimum atomic E-state index is -4.30. The van der Waals surface area contributed by atoms with Crippen molar-refractivity contribution in [1.82, 2.24) is 0 Å². The highest BCUT2D eigenvalue weighted by molar-refractivity contribution is 9.10. The van der Waals surface area contributed by atoms with Crippen molar-refractivity contribution in [1.29, 1.82) is 0 Å². The van der Waals surface area contributed by atoms with E-state index in [1.807, 2.05) is 24.3 Å². The average Bonchev–Trinajstić information content (AvgIpc) is 2.40. The van der Waals surface area contributed by atoms with Gasteiger partial charge in [-0.15, -0.1) is 0 Å². The van der Waals surface area contributed by atoms with E-state index in [0.29, 0.717) is 16.9 Å². The first-order chi connectivity index (χ1) is 9.40. The SMILES string of the molecule is CCc1ccc(Sc2ccc(Br)cc2)cc1C(F)(F)F. The Kier molecular flexibility index (Phi) is 4.81. The van der Waals surface area contributed by atoms with E-state index in [1.54, 1.807) is 19.1 Å². The smallest absolute Gasteiger partial charge is 0.166 e. The van der Waals surface area contributed by atoms with Crippen LogP contribution < -0.4 is 0 Å². The van der Waals surface area contributed by atoms with Crippen LogP contribution in [0.4, 0.5) is 13.2 Å². The highest BCUT2D eigenvalue weighted by atomic mass is 79.9. The lowest BCUT2D eigenvalue weighted by atomic mass is 10.1. The van der Waals surface area contributed by atoms with Gasteiger partial charge in [-0.2, -0.15) is 13.2 Å². The summed E-state index contributed by atoms with van der Waals surface area (Å²) in [4.78, 5) is 1.50. The van der Waals surface area contributed by atoms with Crippen LogP contribution in [0.25, 0.3) is 0 Å². The number of hydrogen-bond donors (Lipinski definition) is 0. The summed E-state index contributed by atoms with van der Waals surface area (Å²) >= 11 is 4.65. The van der Waals surface area contributed by atoms with Gasteiger partial charge in [0.25, 0.3) is 0 Å². The van der Waals surface area contributed by atoms with Gasteiger partial charge in [-0.3, -0.25) is 0 Å². The molecule has 0 atom stereocenters. The van der Waals surface area contributed by atoms with E-state index in [-0.39, 0.29) is 0 Å². The number of aryl methyl sites for hydroxylation is 1. The molecule has 106 valence electrons. The molecule has 0 amide bonds. The van der Waals surface area contributed by atoms with Gasteiger partial charge in [0.1, 0.15) is 0 Å². The van der Waals surface area contributed by atoms with Gasteiger partial charge < -0.3 is 0 Å². The first-order valence-electron chi connectivity index (χ1n) is 6.03. The van der Waals surface area contributed by atoms with E-state index in [4.69, 9.17) is 0 Å². The fourth-order valence-electron chi connectivity index (χ4n) is 1.83. The summed E-state index contributed by atoms with van der Waals surface area (Å²) in [5.41, 5.74) is -0.209. The quantitative estimate of drug-likeness (QED) is 0.629. The van der Waals surface area contributed by atoms with E-state index < -0.39 is 11.7 Å². The average molecular weight is 361 g/mol. The van der Waals surface area contributed by atoms with Crippen LogP contribution in [-0.2, 0) is 12.6 Å². The molecule has 2 aromatic rings. The Hall–Kier alpha value is -0.940. The Morgan fingerprint density at radius 2 is 1.60 bits per heavy atom. The molecule has 0 radical (unpaired) electrons. The second-order valence-electron chi connectivity index (χ2n) is 4.23. The molecule has 0 N–H and O–H groups in total. The maximum atomic E-state index is 13.0. The molecule has 0 aliphatic carbocycles. The van der Waals surface area contributed by atoms with Gasteiger partial charge in [-0.1, -0.05) is 40.7 Å². The van der Waals surface area contributed by atoms with Crippen LogP contribution >= 0.6 is 27.7 Å². The number of hydrogen-bond acceptors (Lipinski definition) is 1. The molecular formula is C15H12BrF3S. The third kappa shape index (κ3) is 3.79. The molecule has 0 unspecified atom stereocenters. The summed E-state index contributed by atoms with van der Waals surface area (Å²) in [6.45, 7) is 1.73. The molecule has 0 spiro atoms. The Labute approximate surface area is 128 Å². The van der Waals surface area contributed by atoms with Gasteiger partial charge in [-0.05, 0) is 48.4 Å². The molecule has 0 saturated carbocycles. The van der Waals surface area contributed by atoms with Gasteiger partial charge in [0.05, 0.1) is 5.56 Å². The molecule has 20 heavy (non-hydrogen) atoms. The highest BCUT2D eigenvalue weighted by Crippen LogP contribution is 2.37. The third-order valence-corrected chi connectivity index (χ3v) is 4.34. The molecule has 0 aliphatic heterocycles. The van der Waals surface area contributed by atoms with Gasteiger partial charge in [0.2, 0.25) is 0 Å². The van der Waals surface area contributed by atoms with E-state index >= 15 is 0 Å². The lowest BCUT2D eigenvalue weighted by Gasteiger charge is -2.13. The summed E-state index contributed by atoms with van der Waals surface area (Å²) in [7, 11) is 0. The Balaban J connectivity index is 2.31. The van der Waals surface area contributed by atoms with E-state index in [0.717, 1.165) is 9.37 Å². The lowest BCUT2D eigenvalue weighted by Crippen LogP contribution is -2.08. The van der Waals surface area contributed by atoms with Crippen LogP contribution in [0.2, 0.25) is 0 Å². The number of halogens is 4. The summed E-state index contributed by atoms with van der Waals surface area (Å²) in [5, 5.41) is 0. The Morgan fingerprint density at radius 3 is 2.15 bits per heavy atom. The lowest BCUT2D eigenvalue weighted by molar-refractivity contribution is -0.138. The molecule has 0 fully saturated rings. The maximum absolute atomic E-state index is 13.0. The van der Waals surface area contributed by atoms with Crippen molar-refractivity contribution in [2.75, 3.05) is 0 Å². The predicted molar refractivity (Wildman–Crippen MR) is 79.1 cm³/mol. The molecule has 5 heteroatoms. The molecule has 2 rings (SSSR count). The molecule has 0 nitrogen and oxygen atoms in total. The number of alkyl halides is 3. The first-order valence-corrected chi connectivity index (χ1v) is 7.64. The zero-order valence-corrected chi connectivity index (χ0v) is 13.1. The van der Waals surface area contributed by atoms with Crippen molar-refractivity contribution in [3.8, 4) is 0 Å². The normalized spacial score (nSPS) is 11.7. The zero-order chi connectivity index (χ0) is 14.8. The van der Waals surface area contributed by atoms with Crippen molar-refractivity contribution in [2.45, 2.75) is 29.3 Å². The summed E-state index contributed by atoms with van der Waals surface area (Å²) in [6.07, 6.45) is -3.93. The van der Waals surface area contributed by atoms with E-state index in [1.165, 1.54) is 17.8 Å². The second kappa shape index (κ2) is 6.22. The standard InChI is InChI=1S/C15H12BrF3S/c1-2-10-3-6-13(9-14(10)15(17,18)19)20-12-7-4-11(16)5-8-12/h3-9H,2H2,1H3. The number of benzene rings is 2. The molecule has 0 aromatic heterocycles. The topological polar surface area (TPSA) is 0 Å². The number of rotatable bonds is 3. The fraction of sp³-hybridized carbons (Fsp3) is 0.200. The highest BCUT2D eigenvalue weighted by Gasteiger charge is 2.33. The van der Waals surface area contributed by atoms with Crippen molar-refractivity contribution < 1.29 is 13.2 Å². The van der Waals surface area contributed by atoms with E-state index in [2.05, 4.69) is 15.9 Å². The van der Waals surface area contributed by atoms with Gasteiger partial charge in [0, 0.05) is 14.3 Å². The largest absolute Gasteiger partial charge is 0.416 e. The molecule has 0 aliphatic rings. The van der Waals surface area contributed by atoms with Crippen LogP contribution in [0.15, 0.2) is 56.7 Å². The predicted octanol–water partition coefficient (Wildman–Crippen LogP) is 6.18. The van der Waals surface area contributed by atoms with E-state index in [9.17, 15) is 13.2 Å². The van der Waals surface area contributed by atoms with Crippen LogP contribution in [0.3, 0.4) is 0 Å². The minimum Gasteiger partial charge on any atom is -0.166 e. The van der Waals surface area contributed by atoms with Gasteiger partial charge in [0.15, 0.2) is 0 Å². The maximum Gasteiger partial charge on any atom is 0.416 e. The molecule has 0 saturated heterocycles. The van der Waals surface area contributed by atoms with Gasteiger partial charge >= 0.3 is 6.18 Å². The van der Waals surface area contributed by atoms with Crippen molar-refractivity contribution in [2.24, 2.45) is 0 Å². The minimum absolute atomic E-state index is 0.331. The molecule has 0 heterocycles. The Morgan fingerprint density at radius 1 is 1.00 bits per heavy atom. The summed E-state index contributed by atoms with van der Waals surface area (Å²) in [5.74, 6) is 0. The van der Waals surface area contributed by atoms with Crippen LogP contribution in [0.5, 0.6) is 0 Å². The first kappa shape index (κ1) is 15.4. The third-order valence-electron chi connectivity index (χ3n) is 2.82. The van der Waals surface area contributed by atoms with Crippen LogP contribution in [0, 0.1) is 0 Å². The second-order valence-corrected chi connectivity index (χ2v) is 6.29. The van der Waals surface area contributed by atoms with Crippen molar-refractivity contribution in [3.05, 3.63) is 58.1 Å². The summed E-state index contributed by atoms with van der Waals surface area (Å²) in [6, 6.07) is 12.0. The van der Waals surface area contributed by atoms with Crippen molar-refractivity contribution >= 4 is 27.7 Å². The molecule has 0 bridgehead atoms. The monoisotopic (exact) mass is 360 g/mol. The fourth-order valence-corrected chi connectivity index (χ4v) is 2.95. The summed E-state index contributed by atoms with van der Waals surface area (Å²) < 4.78 is 39.9. The zero-order valence-electron chi connectivity index (χ0n) is 10.7.